The van der Waals surface area contributed by atoms with Crippen molar-refractivity contribution in [3.8, 4) is 11.5 Å². The number of nitrogens with zero attached hydrogens (tertiary/aromatic N) is 1. The van der Waals surface area contributed by atoms with Crippen LogP contribution in [0.25, 0.3) is 0 Å². The van der Waals surface area contributed by atoms with Gasteiger partial charge in [0.15, 0.2) is 0 Å². The van der Waals surface area contributed by atoms with Crippen LogP contribution in [0.5, 0.6) is 11.5 Å². The highest BCUT2D eigenvalue weighted by Crippen LogP contribution is 2.45. The van der Waals surface area contributed by atoms with Crippen molar-refractivity contribution >= 4 is 19.4 Å². The van der Waals surface area contributed by atoms with Gasteiger partial charge in [0.25, 0.3) is 5.69 Å². The van der Waals surface area contributed by atoms with Gasteiger partial charge in [0.05, 0.1) is 17.1 Å². The molecule has 0 saturated carbocycles. The van der Waals surface area contributed by atoms with Crippen molar-refractivity contribution in [1.82, 2.24) is 5.09 Å². The number of non-ortho nitro benzene ring substituents is 1. The molecule has 0 aliphatic heterocycles. The van der Waals surface area contributed by atoms with E-state index in [2.05, 4.69) is 5.09 Å². The molecule has 0 aliphatic carbocycles. The first-order chi connectivity index (χ1) is 17.6. The van der Waals surface area contributed by atoms with E-state index in [-0.39, 0.29) is 23.8 Å². The maximum absolute atomic E-state index is 13.6. The zero-order valence-electron chi connectivity index (χ0n) is 20.7. The Morgan fingerprint density at radius 1 is 0.946 bits per heavy atom. The van der Waals surface area contributed by atoms with E-state index in [0.29, 0.717) is 6.61 Å². The number of ether oxygens (including phenoxy) is 2. The molecule has 0 aliphatic rings. The molecule has 2 unspecified atom stereocenters. The van der Waals surface area contributed by atoms with Gasteiger partial charge in [-0.05, 0) is 50.6 Å². The minimum absolute atomic E-state index is 0.0439. The minimum atomic E-state index is -4.18. The molecule has 37 heavy (non-hydrogen) atoms. The standard InChI is InChI=1S/C26H29N2O8P/c1-20(25(29)33-19-26(2,3)34-18-21-10-6-4-7-11-21)27-37(32,35-23-12-8-5-9-13-23)36-24-16-14-22(15-17-24)28(30)31/h4-17,20H,18-19H2,1-3H3,(H,27,32). The van der Waals surface area contributed by atoms with Gasteiger partial charge in [-0.25, -0.2) is 4.57 Å². The van der Waals surface area contributed by atoms with Gasteiger partial charge in [-0.15, -0.1) is 0 Å². The highest BCUT2D eigenvalue weighted by molar-refractivity contribution is 7.52. The van der Waals surface area contributed by atoms with Crippen LogP contribution in [0.3, 0.4) is 0 Å². The van der Waals surface area contributed by atoms with E-state index in [1.807, 2.05) is 30.3 Å². The van der Waals surface area contributed by atoms with E-state index in [4.69, 9.17) is 18.5 Å². The van der Waals surface area contributed by atoms with Crippen LogP contribution in [0.15, 0.2) is 84.9 Å². The lowest BCUT2D eigenvalue weighted by molar-refractivity contribution is -0.384. The quantitative estimate of drug-likeness (QED) is 0.129. The highest BCUT2D eigenvalue weighted by atomic mass is 31.2. The first kappa shape index (κ1) is 27.9. The van der Waals surface area contributed by atoms with Crippen LogP contribution in [0.4, 0.5) is 5.69 Å². The van der Waals surface area contributed by atoms with E-state index in [1.54, 1.807) is 44.2 Å². The van der Waals surface area contributed by atoms with E-state index in [1.165, 1.54) is 31.2 Å². The predicted octanol–water partition coefficient (Wildman–Crippen LogP) is 5.68. The molecule has 3 aromatic rings. The monoisotopic (exact) mass is 528 g/mol. The van der Waals surface area contributed by atoms with Gasteiger partial charge in [-0.3, -0.25) is 14.9 Å². The topological polar surface area (TPSA) is 126 Å². The summed E-state index contributed by atoms with van der Waals surface area (Å²) in [7, 11) is -4.18. The van der Waals surface area contributed by atoms with Gasteiger partial charge in [0.2, 0.25) is 0 Å². The Hall–Kier alpha value is -3.72. The Balaban J connectivity index is 1.64. The van der Waals surface area contributed by atoms with Crippen LogP contribution < -0.4 is 14.1 Å². The largest absolute Gasteiger partial charge is 0.513 e. The molecule has 0 fully saturated rings. The summed E-state index contributed by atoms with van der Waals surface area (Å²) >= 11 is 0. The maximum atomic E-state index is 13.6. The molecule has 0 aromatic heterocycles. The van der Waals surface area contributed by atoms with Crippen LogP contribution in [0.2, 0.25) is 0 Å². The Morgan fingerprint density at radius 3 is 2.05 bits per heavy atom. The molecule has 0 saturated heterocycles. The predicted molar refractivity (Wildman–Crippen MR) is 137 cm³/mol. The van der Waals surface area contributed by atoms with Gasteiger partial charge in [0, 0.05) is 12.1 Å². The van der Waals surface area contributed by atoms with E-state index < -0.39 is 30.3 Å². The molecule has 11 heteroatoms. The smallest absolute Gasteiger partial charge is 0.461 e. The number of benzene rings is 3. The van der Waals surface area contributed by atoms with Crippen molar-refractivity contribution in [1.29, 1.82) is 0 Å². The maximum Gasteiger partial charge on any atom is 0.513 e. The molecule has 0 spiro atoms. The molecule has 10 nitrogen and oxygen atoms in total. The van der Waals surface area contributed by atoms with Crippen LogP contribution in [-0.2, 0) is 25.4 Å². The number of hydrogen-bond acceptors (Lipinski definition) is 8. The third-order valence-electron chi connectivity index (χ3n) is 4.98. The van der Waals surface area contributed by atoms with Crippen molar-refractivity contribution in [3.63, 3.8) is 0 Å². The van der Waals surface area contributed by atoms with Crippen LogP contribution in [0, 0.1) is 10.1 Å². The summed E-state index contributed by atoms with van der Waals surface area (Å²) in [6.07, 6.45) is 0. The molecular formula is C26H29N2O8P. The molecule has 3 rings (SSSR count). The summed E-state index contributed by atoms with van der Waals surface area (Å²) in [6.45, 7) is 5.35. The molecular weight excluding hydrogens is 499 g/mol. The fourth-order valence-electron chi connectivity index (χ4n) is 3.01. The minimum Gasteiger partial charge on any atom is -0.461 e. The van der Waals surface area contributed by atoms with Crippen molar-refractivity contribution in [3.05, 3.63) is 101 Å². The average Bonchev–Trinajstić information content (AvgIpc) is 2.87. The highest BCUT2D eigenvalue weighted by Gasteiger charge is 2.34. The normalized spacial score (nSPS) is 13.7. The number of esters is 1. The Morgan fingerprint density at radius 2 is 1.49 bits per heavy atom. The van der Waals surface area contributed by atoms with Crippen molar-refractivity contribution in [2.24, 2.45) is 0 Å². The van der Waals surface area contributed by atoms with Gasteiger partial charge < -0.3 is 18.5 Å². The number of nitro benzene ring substituents is 1. The van der Waals surface area contributed by atoms with Gasteiger partial charge in [-0.1, -0.05) is 48.5 Å². The molecule has 0 amide bonds. The van der Waals surface area contributed by atoms with Crippen molar-refractivity contribution in [2.45, 2.75) is 39.0 Å². The molecule has 3 aromatic carbocycles. The summed E-state index contributed by atoms with van der Waals surface area (Å²) in [5.74, 6) is -0.412. The zero-order valence-corrected chi connectivity index (χ0v) is 21.6. The molecule has 0 radical (unpaired) electrons. The fraction of sp³-hybridized carbons (Fsp3) is 0.269. The number of para-hydroxylation sites is 1. The number of nitro groups is 1. The Labute approximate surface area is 215 Å². The van der Waals surface area contributed by atoms with Crippen molar-refractivity contribution in [2.75, 3.05) is 6.61 Å². The lowest BCUT2D eigenvalue weighted by Crippen LogP contribution is -2.39. The summed E-state index contributed by atoms with van der Waals surface area (Å²) in [6, 6.07) is 21.8. The summed E-state index contributed by atoms with van der Waals surface area (Å²) in [5, 5.41) is 13.5. The second-order valence-corrected chi connectivity index (χ2v) is 10.4. The SMILES string of the molecule is CC(NP(=O)(Oc1ccccc1)Oc1ccc([N+](=O)[O-])cc1)C(=O)OCC(C)(C)OCc1ccccc1. The zero-order chi connectivity index (χ0) is 26.9. The number of hydrogen-bond donors (Lipinski definition) is 1. The Kier molecular flexibility index (Phi) is 9.41. The van der Waals surface area contributed by atoms with Crippen LogP contribution in [-0.4, -0.2) is 29.1 Å². The molecule has 0 heterocycles. The second kappa shape index (κ2) is 12.5. The number of nitrogens with one attached hydrogen (secondary N) is 1. The summed E-state index contributed by atoms with van der Waals surface area (Å²) in [5.41, 5.74) is 0.0533. The lowest BCUT2D eigenvalue weighted by atomic mass is 10.1. The van der Waals surface area contributed by atoms with E-state index in [9.17, 15) is 19.5 Å². The van der Waals surface area contributed by atoms with Gasteiger partial charge in [0.1, 0.15) is 24.1 Å². The molecule has 2 atom stereocenters. The van der Waals surface area contributed by atoms with E-state index in [0.717, 1.165) is 5.56 Å². The second-order valence-electron chi connectivity index (χ2n) is 8.74. The van der Waals surface area contributed by atoms with E-state index >= 15 is 0 Å². The summed E-state index contributed by atoms with van der Waals surface area (Å²) < 4.78 is 36.1. The number of rotatable bonds is 13. The number of carbonyl (C=O) groups is 1. The first-order valence-electron chi connectivity index (χ1n) is 11.5. The third kappa shape index (κ3) is 9.02. The molecule has 196 valence electrons. The van der Waals surface area contributed by atoms with Gasteiger partial charge in [-0.2, -0.15) is 5.09 Å². The molecule has 0 bridgehead atoms. The van der Waals surface area contributed by atoms with Crippen molar-refractivity contribution < 1.29 is 32.8 Å². The molecule has 1 N–H and O–H groups in total. The first-order valence-corrected chi connectivity index (χ1v) is 13.0. The third-order valence-corrected chi connectivity index (χ3v) is 6.59. The average molecular weight is 528 g/mol. The Bertz CT molecular complexity index is 1220. The van der Waals surface area contributed by atoms with Gasteiger partial charge >= 0.3 is 13.7 Å². The fourth-order valence-corrected chi connectivity index (χ4v) is 4.53. The lowest BCUT2D eigenvalue weighted by Gasteiger charge is -2.27. The van der Waals surface area contributed by atoms with Crippen LogP contribution in [0.1, 0.15) is 26.3 Å². The number of carbonyl (C=O) groups excluding carboxylic acids is 1. The summed E-state index contributed by atoms with van der Waals surface area (Å²) in [4.78, 5) is 23.1. The van der Waals surface area contributed by atoms with Crippen LogP contribution >= 0.6 is 7.75 Å².